The highest BCUT2D eigenvalue weighted by Crippen LogP contribution is 2.14. The van der Waals surface area contributed by atoms with Crippen molar-refractivity contribution in [1.82, 2.24) is 0 Å². The molecule has 0 spiro atoms. The van der Waals surface area contributed by atoms with Gasteiger partial charge in [0.2, 0.25) is 0 Å². The van der Waals surface area contributed by atoms with Crippen LogP contribution in [-0.2, 0) is 16.1 Å². The van der Waals surface area contributed by atoms with Gasteiger partial charge in [-0.1, -0.05) is 0 Å². The van der Waals surface area contributed by atoms with Crippen molar-refractivity contribution in [3.05, 3.63) is 21.9 Å². The maximum Gasteiger partial charge on any atom is 0.349 e. The van der Waals surface area contributed by atoms with Gasteiger partial charge in [0.1, 0.15) is 11.8 Å². The zero-order valence-corrected chi connectivity index (χ0v) is 12.7. The molecule has 0 saturated heterocycles. The molecule has 0 saturated carbocycles. The van der Waals surface area contributed by atoms with Crippen molar-refractivity contribution in [1.29, 1.82) is 5.41 Å². The van der Waals surface area contributed by atoms with Crippen LogP contribution in [-0.4, -0.2) is 23.6 Å². The van der Waals surface area contributed by atoms with Gasteiger partial charge in [-0.25, -0.2) is 9.79 Å². The van der Waals surface area contributed by atoms with Crippen LogP contribution >= 0.6 is 23.7 Å². The van der Waals surface area contributed by atoms with E-state index in [1.807, 2.05) is 0 Å². The van der Waals surface area contributed by atoms with Gasteiger partial charge in [-0.3, -0.25) is 5.41 Å². The van der Waals surface area contributed by atoms with E-state index in [0.29, 0.717) is 12.1 Å². The summed E-state index contributed by atoms with van der Waals surface area (Å²) < 4.78 is 5.05. The number of nitrogens with one attached hydrogen (secondary N) is 1. The molecule has 0 aromatic carbocycles. The van der Waals surface area contributed by atoms with E-state index >= 15 is 0 Å². The first-order chi connectivity index (χ1) is 8.31. The molecule has 1 rings (SSSR count). The van der Waals surface area contributed by atoms with Gasteiger partial charge in [0.25, 0.3) is 0 Å². The summed E-state index contributed by atoms with van der Waals surface area (Å²) in [6, 6.07) is 1.79. The fourth-order valence-corrected chi connectivity index (χ4v) is 1.88. The van der Waals surface area contributed by atoms with Crippen LogP contribution in [0.15, 0.2) is 16.4 Å². The predicted octanol–water partition coefficient (Wildman–Crippen LogP) is 2.37. The van der Waals surface area contributed by atoms with E-state index < -0.39 is 11.6 Å². The van der Waals surface area contributed by atoms with E-state index in [9.17, 15) is 4.79 Å². The van der Waals surface area contributed by atoms with Gasteiger partial charge >= 0.3 is 5.97 Å². The Hall–Kier alpha value is -1.24. The van der Waals surface area contributed by atoms with Crippen LogP contribution in [0.5, 0.6) is 0 Å². The van der Waals surface area contributed by atoms with E-state index in [-0.39, 0.29) is 18.2 Å². The number of thiophene rings is 1. The lowest BCUT2D eigenvalue weighted by Crippen LogP contribution is -2.24. The van der Waals surface area contributed by atoms with Crippen LogP contribution in [0.2, 0.25) is 0 Å². The fraction of sp³-hybridized carbons (Fsp3) is 0.417. The van der Waals surface area contributed by atoms with Crippen molar-refractivity contribution < 1.29 is 9.53 Å². The molecule has 5 nitrogen and oxygen atoms in total. The Balaban J connectivity index is 0.00000324. The summed E-state index contributed by atoms with van der Waals surface area (Å²) in [5.41, 5.74) is 5.58. The third-order valence-corrected chi connectivity index (χ3v) is 2.79. The number of carbonyl (C=O) groups is 1. The number of aliphatic imine (C=N–C) groups is 1. The van der Waals surface area contributed by atoms with Crippen LogP contribution in [0, 0.1) is 5.41 Å². The first kappa shape index (κ1) is 17.8. The molecule has 0 bridgehead atoms. The van der Waals surface area contributed by atoms with E-state index in [2.05, 4.69) is 4.99 Å². The molecular formula is C12H18ClN3O2S. The molecule has 0 unspecified atom stereocenters. The lowest BCUT2D eigenvalue weighted by Gasteiger charge is -2.17. The summed E-state index contributed by atoms with van der Waals surface area (Å²) in [4.78, 5) is 16.1. The number of hydrogen-bond donors (Lipinski definition) is 2. The molecule has 1 aromatic rings. The molecule has 19 heavy (non-hydrogen) atoms. The first-order valence-corrected chi connectivity index (χ1v) is 6.33. The van der Waals surface area contributed by atoms with Crippen molar-refractivity contribution >= 4 is 41.8 Å². The lowest BCUT2D eigenvalue weighted by molar-refractivity contribution is -0.145. The van der Waals surface area contributed by atoms with Crippen molar-refractivity contribution in [2.75, 3.05) is 0 Å². The number of amidine groups is 1. The molecule has 0 amide bonds. The average Bonchev–Trinajstić information content (AvgIpc) is 2.72. The zero-order chi connectivity index (χ0) is 13.8. The molecular weight excluding hydrogens is 286 g/mol. The second kappa shape index (κ2) is 7.37. The van der Waals surface area contributed by atoms with Crippen molar-refractivity contribution in [3.8, 4) is 0 Å². The SMILES string of the molecule is CC(C)(C)OC(=O)C=NC(=N)c1csc(CN)c1.Cl. The van der Waals surface area contributed by atoms with Crippen molar-refractivity contribution in [2.24, 2.45) is 10.7 Å². The average molecular weight is 304 g/mol. The highest BCUT2D eigenvalue weighted by atomic mass is 35.5. The molecule has 0 fully saturated rings. The minimum absolute atomic E-state index is 0. The number of rotatable bonds is 3. The number of nitrogens with zero attached hydrogens (tertiary/aromatic N) is 1. The molecule has 0 atom stereocenters. The van der Waals surface area contributed by atoms with E-state index in [1.54, 1.807) is 32.2 Å². The van der Waals surface area contributed by atoms with Crippen molar-refractivity contribution in [3.63, 3.8) is 0 Å². The molecule has 1 aromatic heterocycles. The highest BCUT2D eigenvalue weighted by Gasteiger charge is 2.14. The smallest absolute Gasteiger partial charge is 0.349 e. The number of ether oxygens (including phenoxy) is 1. The summed E-state index contributed by atoms with van der Waals surface area (Å²) in [6.07, 6.45) is 1.02. The molecule has 106 valence electrons. The summed E-state index contributed by atoms with van der Waals surface area (Å²) >= 11 is 1.47. The normalized spacial score (nSPS) is 11.2. The van der Waals surface area contributed by atoms with Crippen LogP contribution in [0.3, 0.4) is 0 Å². The van der Waals surface area contributed by atoms with E-state index in [1.165, 1.54) is 11.3 Å². The maximum absolute atomic E-state index is 11.4. The van der Waals surface area contributed by atoms with Gasteiger partial charge in [-0.2, -0.15) is 0 Å². The molecule has 0 aliphatic carbocycles. The summed E-state index contributed by atoms with van der Waals surface area (Å²) in [6.45, 7) is 5.76. The second-order valence-electron chi connectivity index (χ2n) is 4.65. The van der Waals surface area contributed by atoms with Crippen LogP contribution in [0.25, 0.3) is 0 Å². The fourth-order valence-electron chi connectivity index (χ4n) is 1.13. The van der Waals surface area contributed by atoms with E-state index in [0.717, 1.165) is 11.1 Å². The standard InChI is InChI=1S/C12H17N3O2S.ClH/c1-12(2,3)17-10(16)6-15-11(14)8-4-9(5-13)18-7-8;/h4,6-7,14H,5,13H2,1-3H3;1H. The minimum atomic E-state index is -0.555. The number of hydrogen-bond acceptors (Lipinski definition) is 5. The Morgan fingerprint density at radius 2 is 2.21 bits per heavy atom. The predicted molar refractivity (Wildman–Crippen MR) is 80.6 cm³/mol. The highest BCUT2D eigenvalue weighted by molar-refractivity contribution is 7.10. The number of esters is 1. The topological polar surface area (TPSA) is 88.5 Å². The van der Waals surface area contributed by atoms with Crippen LogP contribution < -0.4 is 5.73 Å². The Morgan fingerprint density at radius 1 is 1.58 bits per heavy atom. The number of nitrogens with two attached hydrogens (primary N) is 1. The van der Waals surface area contributed by atoms with Gasteiger partial charge in [-0.15, -0.1) is 23.7 Å². The monoisotopic (exact) mass is 303 g/mol. The third-order valence-electron chi connectivity index (χ3n) is 1.83. The second-order valence-corrected chi connectivity index (χ2v) is 5.64. The van der Waals surface area contributed by atoms with Crippen LogP contribution in [0.4, 0.5) is 0 Å². The number of carbonyl (C=O) groups excluding carboxylic acids is 1. The molecule has 7 heteroatoms. The van der Waals surface area contributed by atoms with Crippen LogP contribution in [0.1, 0.15) is 31.2 Å². The number of halogens is 1. The maximum atomic E-state index is 11.4. The zero-order valence-electron chi connectivity index (χ0n) is 11.1. The minimum Gasteiger partial charge on any atom is -0.456 e. The van der Waals surface area contributed by atoms with Gasteiger partial charge < -0.3 is 10.5 Å². The van der Waals surface area contributed by atoms with Gasteiger partial charge in [0.15, 0.2) is 5.84 Å². The van der Waals surface area contributed by atoms with Gasteiger partial charge in [-0.05, 0) is 26.8 Å². The molecule has 0 aliphatic heterocycles. The Morgan fingerprint density at radius 3 is 2.68 bits per heavy atom. The summed E-state index contributed by atoms with van der Waals surface area (Å²) in [5.74, 6) is -0.529. The molecule has 3 N–H and O–H groups in total. The quantitative estimate of drug-likeness (QED) is 0.510. The Labute approximate surface area is 122 Å². The summed E-state index contributed by atoms with van der Waals surface area (Å²) in [7, 11) is 0. The molecule has 0 aliphatic rings. The lowest BCUT2D eigenvalue weighted by atomic mass is 10.2. The van der Waals surface area contributed by atoms with Gasteiger partial charge in [0.05, 0.1) is 0 Å². The Bertz CT molecular complexity index is 478. The van der Waals surface area contributed by atoms with Gasteiger partial charge in [0, 0.05) is 22.4 Å². The molecule has 1 heterocycles. The third kappa shape index (κ3) is 6.47. The Kier molecular flexibility index (Phi) is 6.89. The molecule has 0 radical (unpaired) electrons. The van der Waals surface area contributed by atoms with Crippen molar-refractivity contribution in [2.45, 2.75) is 32.9 Å². The summed E-state index contributed by atoms with van der Waals surface area (Å²) in [5, 5.41) is 9.49. The largest absolute Gasteiger partial charge is 0.456 e. The first-order valence-electron chi connectivity index (χ1n) is 5.45. The van der Waals surface area contributed by atoms with E-state index in [4.69, 9.17) is 15.9 Å².